The zero-order chi connectivity index (χ0) is 24.3. The number of aliphatic hydroxyl groups excluding tert-OH is 2. The van der Waals surface area contributed by atoms with Crippen molar-refractivity contribution in [3.63, 3.8) is 0 Å². The van der Waals surface area contributed by atoms with Crippen LogP contribution in [0.4, 0.5) is 0 Å². The Balaban J connectivity index is 2.51. The fourth-order valence-corrected chi connectivity index (χ4v) is 4.08. The molecule has 190 valence electrons. The number of carbonyl (C=O) groups is 1. The maximum Gasteiger partial charge on any atom is 0.220 e. The van der Waals surface area contributed by atoms with Crippen LogP contribution in [0.25, 0.3) is 0 Å². The summed E-state index contributed by atoms with van der Waals surface area (Å²) in [6.45, 7) is 2.53. The molecule has 1 rings (SSSR count). The van der Waals surface area contributed by atoms with Crippen molar-refractivity contribution in [2.45, 2.75) is 103 Å². The highest BCUT2D eigenvalue weighted by atomic mass is 16.3. The van der Waals surface area contributed by atoms with E-state index in [0.717, 1.165) is 50.5 Å². The van der Waals surface area contributed by atoms with Gasteiger partial charge in [0.1, 0.15) is 0 Å². The van der Waals surface area contributed by atoms with Crippen LogP contribution in [0.5, 0.6) is 11.8 Å². The lowest BCUT2D eigenvalue weighted by molar-refractivity contribution is -0.121. The number of hydrogen-bond acceptors (Lipinski definition) is 5. The van der Waals surface area contributed by atoms with Gasteiger partial charge in [0.2, 0.25) is 5.91 Å². The first kappa shape index (κ1) is 29.0. The average Bonchev–Trinajstić information content (AvgIpc) is 3.08. The van der Waals surface area contributed by atoms with E-state index >= 15 is 0 Å². The maximum atomic E-state index is 11.5. The van der Waals surface area contributed by atoms with Gasteiger partial charge in [0, 0.05) is 30.5 Å². The highest BCUT2D eigenvalue weighted by Gasteiger charge is 2.19. The molecule has 1 unspecified atom stereocenters. The molecule has 1 aromatic heterocycles. The number of nitrogens with zero attached hydrogens (tertiary/aromatic N) is 1. The minimum atomic E-state index is -0.143. The van der Waals surface area contributed by atoms with Gasteiger partial charge in [-0.15, -0.1) is 0 Å². The molecule has 5 N–H and O–H groups in total. The van der Waals surface area contributed by atoms with Gasteiger partial charge in [0.15, 0.2) is 11.8 Å². The quantitative estimate of drug-likeness (QED) is 0.141. The number of aromatic nitrogens is 1. The first-order chi connectivity index (χ1) is 16.0. The molecule has 1 heterocycles. The summed E-state index contributed by atoms with van der Waals surface area (Å²) in [5, 5.41) is 41.3. The monoisotopic (exact) mass is 466 g/mol. The Kier molecular flexibility index (Phi) is 16.2. The van der Waals surface area contributed by atoms with Crippen molar-refractivity contribution < 1.29 is 25.2 Å². The van der Waals surface area contributed by atoms with Gasteiger partial charge in [-0.1, -0.05) is 70.4 Å². The zero-order valence-electron chi connectivity index (χ0n) is 20.5. The van der Waals surface area contributed by atoms with Crippen molar-refractivity contribution in [2.24, 2.45) is 0 Å². The van der Waals surface area contributed by atoms with Crippen LogP contribution in [-0.4, -0.2) is 50.7 Å². The Bertz CT molecular complexity index is 672. The number of hydrogen-bond donors (Lipinski definition) is 5. The van der Waals surface area contributed by atoms with Crippen LogP contribution in [0, 0.1) is 0 Å². The van der Waals surface area contributed by atoms with Gasteiger partial charge in [0.25, 0.3) is 0 Å². The first-order valence-electron chi connectivity index (χ1n) is 12.8. The standard InChI is InChI=1S/C26H46N2O5/c1-2-3-4-5-8-11-14-22(23-21-25(32)28(18-20-30)26(23)33)15-12-9-6-7-10-13-16-24(31)27-17-19-29/h12,15,21-22,29-30,32-33H,2-11,13-14,16-20H2,1H3,(H,27,31). The SMILES string of the molecule is CCCCCCCCC(C=CCCCCCCC(=O)NCCO)c1cc(O)n(CCO)c1O. The van der Waals surface area contributed by atoms with Crippen LogP contribution in [0.3, 0.4) is 0 Å². The van der Waals surface area contributed by atoms with Gasteiger partial charge in [-0.2, -0.15) is 0 Å². The van der Waals surface area contributed by atoms with E-state index in [1.807, 2.05) is 0 Å². The highest BCUT2D eigenvalue weighted by molar-refractivity contribution is 5.75. The average molecular weight is 467 g/mol. The third kappa shape index (κ3) is 12.2. The second-order valence-corrected chi connectivity index (χ2v) is 8.77. The van der Waals surface area contributed by atoms with Crippen molar-refractivity contribution in [1.29, 1.82) is 0 Å². The lowest BCUT2D eigenvalue weighted by atomic mass is 9.93. The number of amides is 1. The molecule has 33 heavy (non-hydrogen) atoms. The molecule has 0 aliphatic carbocycles. The topological polar surface area (TPSA) is 115 Å². The predicted molar refractivity (Wildman–Crippen MR) is 133 cm³/mol. The molecule has 0 fully saturated rings. The number of aromatic hydroxyl groups is 2. The van der Waals surface area contributed by atoms with Gasteiger partial charge in [-0.05, 0) is 25.7 Å². The zero-order valence-corrected chi connectivity index (χ0v) is 20.5. The largest absolute Gasteiger partial charge is 0.494 e. The fraction of sp³-hybridized carbons (Fsp3) is 0.731. The molecule has 0 spiro atoms. The molecular weight excluding hydrogens is 420 g/mol. The lowest BCUT2D eigenvalue weighted by Gasteiger charge is -2.13. The van der Waals surface area contributed by atoms with Crippen molar-refractivity contribution in [1.82, 2.24) is 9.88 Å². The number of unbranched alkanes of at least 4 members (excludes halogenated alkanes) is 9. The molecular formula is C26H46N2O5. The van der Waals surface area contributed by atoms with Gasteiger partial charge in [-0.3, -0.25) is 9.36 Å². The molecule has 7 nitrogen and oxygen atoms in total. The van der Waals surface area contributed by atoms with Crippen molar-refractivity contribution in [3.05, 3.63) is 23.8 Å². The van der Waals surface area contributed by atoms with E-state index in [-0.39, 0.29) is 43.3 Å². The summed E-state index contributed by atoms with van der Waals surface area (Å²) in [6.07, 6.45) is 17.9. The molecule has 0 radical (unpaired) electrons. The third-order valence-electron chi connectivity index (χ3n) is 5.99. The van der Waals surface area contributed by atoms with E-state index in [1.165, 1.54) is 36.7 Å². The predicted octanol–water partition coefficient (Wildman–Crippen LogP) is 4.73. The van der Waals surface area contributed by atoms with Gasteiger partial charge in [-0.25, -0.2) is 0 Å². The Labute approximate surface area is 199 Å². The molecule has 0 aliphatic heterocycles. The summed E-state index contributed by atoms with van der Waals surface area (Å²) in [7, 11) is 0. The van der Waals surface area contributed by atoms with Crippen LogP contribution in [0.2, 0.25) is 0 Å². The number of nitrogens with one attached hydrogen (secondary N) is 1. The van der Waals surface area contributed by atoms with Gasteiger partial charge in [0.05, 0.1) is 19.8 Å². The van der Waals surface area contributed by atoms with E-state index in [1.54, 1.807) is 6.07 Å². The molecule has 7 heteroatoms. The highest BCUT2D eigenvalue weighted by Crippen LogP contribution is 2.36. The Morgan fingerprint density at radius 3 is 2.42 bits per heavy atom. The Morgan fingerprint density at radius 2 is 1.70 bits per heavy atom. The number of carbonyl (C=O) groups excluding carboxylic acids is 1. The number of aliphatic hydroxyl groups is 2. The molecule has 1 aromatic rings. The normalized spacial score (nSPS) is 12.5. The minimum Gasteiger partial charge on any atom is -0.494 e. The number of rotatable bonds is 20. The van der Waals surface area contributed by atoms with Crippen molar-refractivity contribution in [3.8, 4) is 11.8 Å². The molecule has 0 aromatic carbocycles. The summed E-state index contributed by atoms with van der Waals surface area (Å²) < 4.78 is 1.36. The second-order valence-electron chi connectivity index (χ2n) is 8.77. The van der Waals surface area contributed by atoms with Crippen molar-refractivity contribution >= 4 is 5.91 Å². The fourth-order valence-electron chi connectivity index (χ4n) is 4.08. The minimum absolute atomic E-state index is 0.00215. The van der Waals surface area contributed by atoms with Crippen LogP contribution < -0.4 is 5.32 Å². The van der Waals surface area contributed by atoms with E-state index in [4.69, 9.17) is 5.11 Å². The summed E-state index contributed by atoms with van der Waals surface area (Å²) in [4.78, 5) is 11.5. The van der Waals surface area contributed by atoms with Crippen molar-refractivity contribution in [2.75, 3.05) is 19.8 Å². The molecule has 0 saturated carbocycles. The van der Waals surface area contributed by atoms with Crippen LogP contribution >= 0.6 is 0 Å². The van der Waals surface area contributed by atoms with Crippen LogP contribution in [-0.2, 0) is 11.3 Å². The Hall–Kier alpha value is -1.99. The maximum absolute atomic E-state index is 11.5. The Morgan fingerprint density at radius 1 is 1.00 bits per heavy atom. The number of allylic oxidation sites excluding steroid dienone is 2. The smallest absolute Gasteiger partial charge is 0.220 e. The van der Waals surface area contributed by atoms with Crippen LogP contribution in [0.15, 0.2) is 18.2 Å². The van der Waals surface area contributed by atoms with E-state index in [9.17, 15) is 20.1 Å². The molecule has 1 amide bonds. The van der Waals surface area contributed by atoms with E-state index in [2.05, 4.69) is 24.4 Å². The van der Waals surface area contributed by atoms with E-state index < -0.39 is 0 Å². The lowest BCUT2D eigenvalue weighted by Crippen LogP contribution is -2.25. The molecule has 0 bridgehead atoms. The van der Waals surface area contributed by atoms with Gasteiger partial charge < -0.3 is 25.7 Å². The summed E-state index contributed by atoms with van der Waals surface area (Å²) >= 11 is 0. The summed E-state index contributed by atoms with van der Waals surface area (Å²) in [6, 6.07) is 1.62. The second kappa shape index (κ2) is 18.4. The summed E-state index contributed by atoms with van der Waals surface area (Å²) in [5.41, 5.74) is 0.722. The molecule has 1 atom stereocenters. The third-order valence-corrected chi connectivity index (χ3v) is 5.99. The summed E-state index contributed by atoms with van der Waals surface area (Å²) in [5.74, 6) is 0.0671. The first-order valence-corrected chi connectivity index (χ1v) is 12.8. The molecule has 0 saturated heterocycles. The molecule has 0 aliphatic rings. The van der Waals surface area contributed by atoms with Crippen LogP contribution in [0.1, 0.15) is 102 Å². The van der Waals surface area contributed by atoms with Gasteiger partial charge >= 0.3 is 0 Å². The van der Waals surface area contributed by atoms with E-state index in [0.29, 0.717) is 13.0 Å².